The smallest absolute Gasteiger partial charge is 0.471 e. The number of nitrogens with one attached hydrogen (secondary N) is 1. The highest BCUT2D eigenvalue weighted by molar-refractivity contribution is 5.91. The first-order valence-electron chi connectivity index (χ1n) is 9.02. The number of aryl methyl sites for hydroxylation is 3. The predicted octanol–water partition coefficient (Wildman–Crippen LogP) is 3.73. The van der Waals surface area contributed by atoms with Crippen molar-refractivity contribution in [3.63, 3.8) is 0 Å². The first-order valence-corrected chi connectivity index (χ1v) is 9.02. The third kappa shape index (κ3) is 4.78. The molecule has 0 saturated carbocycles. The van der Waals surface area contributed by atoms with E-state index in [4.69, 9.17) is 9.26 Å². The van der Waals surface area contributed by atoms with E-state index in [2.05, 4.69) is 25.1 Å². The molecule has 0 unspecified atom stereocenters. The first-order chi connectivity index (χ1) is 14.2. The standard InChI is InChI=1S/C19H19F3N4O4/c1-10-7-12(16-24-18(30-26-16)19(20,21)22)8-11(2)15(10)28-6-4-5-13-9-14(25-29-13)17(27)23-3/h7-9H,4-6H2,1-3H3,(H,23,27). The van der Waals surface area contributed by atoms with Gasteiger partial charge in [-0.15, -0.1) is 0 Å². The number of rotatable bonds is 7. The molecule has 0 aliphatic heterocycles. The number of carbonyl (C=O) groups excluding carboxylic acids is 1. The van der Waals surface area contributed by atoms with Crippen LogP contribution in [0.2, 0.25) is 0 Å². The Kier molecular flexibility index (Phi) is 6.09. The Labute approximate surface area is 169 Å². The minimum atomic E-state index is -4.69. The van der Waals surface area contributed by atoms with Gasteiger partial charge in [0.1, 0.15) is 11.5 Å². The summed E-state index contributed by atoms with van der Waals surface area (Å²) in [6.45, 7) is 3.93. The molecule has 0 atom stereocenters. The van der Waals surface area contributed by atoms with Crippen LogP contribution in [0, 0.1) is 13.8 Å². The molecule has 30 heavy (non-hydrogen) atoms. The fourth-order valence-corrected chi connectivity index (χ4v) is 2.85. The quantitative estimate of drug-likeness (QED) is 0.577. The molecule has 2 aromatic heterocycles. The molecule has 0 fully saturated rings. The Bertz CT molecular complexity index is 1020. The van der Waals surface area contributed by atoms with E-state index in [1.165, 1.54) is 7.05 Å². The Hall–Kier alpha value is -3.37. The number of nitrogens with zero attached hydrogens (tertiary/aromatic N) is 3. The van der Waals surface area contributed by atoms with E-state index < -0.39 is 12.1 Å². The molecule has 8 nitrogen and oxygen atoms in total. The number of hydrogen-bond donors (Lipinski definition) is 1. The SMILES string of the molecule is CNC(=O)c1cc(CCCOc2c(C)cc(-c3noc(C(F)(F)F)n3)cc2C)on1. The van der Waals surface area contributed by atoms with Crippen LogP contribution in [0.1, 0.15) is 39.7 Å². The fourth-order valence-electron chi connectivity index (χ4n) is 2.85. The highest BCUT2D eigenvalue weighted by atomic mass is 19.4. The normalized spacial score (nSPS) is 11.5. The molecule has 2 heterocycles. The molecule has 1 amide bonds. The molecule has 160 valence electrons. The second-order valence-corrected chi connectivity index (χ2v) is 6.57. The predicted molar refractivity (Wildman–Crippen MR) is 97.9 cm³/mol. The van der Waals surface area contributed by atoms with E-state index in [0.29, 0.717) is 36.5 Å². The minimum Gasteiger partial charge on any atom is -0.493 e. The average Bonchev–Trinajstić information content (AvgIpc) is 3.35. The lowest BCUT2D eigenvalue weighted by Gasteiger charge is -2.13. The van der Waals surface area contributed by atoms with Gasteiger partial charge in [0.25, 0.3) is 5.91 Å². The zero-order valence-corrected chi connectivity index (χ0v) is 16.5. The molecule has 3 rings (SSSR count). The molecule has 0 aliphatic carbocycles. The summed E-state index contributed by atoms with van der Waals surface area (Å²) in [5.74, 6) is -0.658. The number of aromatic nitrogens is 3. The fraction of sp³-hybridized carbons (Fsp3) is 0.368. The molecule has 0 aliphatic rings. The molecule has 0 bridgehead atoms. The van der Waals surface area contributed by atoms with E-state index >= 15 is 0 Å². The largest absolute Gasteiger partial charge is 0.493 e. The van der Waals surface area contributed by atoms with Gasteiger partial charge < -0.3 is 19.1 Å². The van der Waals surface area contributed by atoms with Gasteiger partial charge in [0.05, 0.1) is 6.61 Å². The second-order valence-electron chi connectivity index (χ2n) is 6.57. The first kappa shape index (κ1) is 21.3. The lowest BCUT2D eigenvalue weighted by atomic mass is 10.1. The van der Waals surface area contributed by atoms with Crippen LogP contribution in [0.15, 0.2) is 27.2 Å². The van der Waals surface area contributed by atoms with Crippen molar-refractivity contribution in [2.24, 2.45) is 0 Å². The van der Waals surface area contributed by atoms with E-state index in [0.717, 1.165) is 11.1 Å². The number of ether oxygens (including phenoxy) is 1. The van der Waals surface area contributed by atoms with Gasteiger partial charge in [-0.1, -0.05) is 10.3 Å². The third-order valence-corrected chi connectivity index (χ3v) is 4.22. The van der Waals surface area contributed by atoms with Gasteiger partial charge in [0, 0.05) is 25.1 Å². The maximum Gasteiger partial charge on any atom is 0.471 e. The van der Waals surface area contributed by atoms with E-state index in [-0.39, 0.29) is 17.4 Å². The van der Waals surface area contributed by atoms with Gasteiger partial charge in [-0.3, -0.25) is 4.79 Å². The molecule has 0 saturated heterocycles. The van der Waals surface area contributed by atoms with Crippen LogP contribution in [-0.2, 0) is 12.6 Å². The lowest BCUT2D eigenvalue weighted by molar-refractivity contribution is -0.159. The minimum absolute atomic E-state index is 0.141. The summed E-state index contributed by atoms with van der Waals surface area (Å²) in [5.41, 5.74) is 2.07. The van der Waals surface area contributed by atoms with E-state index in [9.17, 15) is 18.0 Å². The molecule has 0 radical (unpaired) electrons. The molecule has 0 spiro atoms. The van der Waals surface area contributed by atoms with Crippen LogP contribution in [0.4, 0.5) is 13.2 Å². The molecule has 1 aromatic carbocycles. The highest BCUT2D eigenvalue weighted by Crippen LogP contribution is 2.32. The zero-order chi connectivity index (χ0) is 21.9. The van der Waals surface area contributed by atoms with Crippen LogP contribution in [0.3, 0.4) is 0 Å². The summed E-state index contributed by atoms with van der Waals surface area (Å²) in [7, 11) is 1.51. The summed E-state index contributed by atoms with van der Waals surface area (Å²) in [6.07, 6.45) is -3.55. The summed E-state index contributed by atoms with van der Waals surface area (Å²) in [6, 6.07) is 4.85. The second kappa shape index (κ2) is 8.56. The summed E-state index contributed by atoms with van der Waals surface area (Å²) >= 11 is 0. The van der Waals surface area contributed by atoms with Gasteiger partial charge in [0.15, 0.2) is 5.69 Å². The average molecular weight is 424 g/mol. The van der Waals surface area contributed by atoms with Crippen molar-refractivity contribution < 1.29 is 31.7 Å². The maximum atomic E-state index is 12.6. The number of halogens is 3. The van der Waals surface area contributed by atoms with Crippen LogP contribution in [0.25, 0.3) is 11.4 Å². The zero-order valence-electron chi connectivity index (χ0n) is 16.5. The van der Waals surface area contributed by atoms with E-state index in [1.54, 1.807) is 32.0 Å². The molecule has 11 heteroatoms. The van der Waals surface area contributed by atoms with Crippen molar-refractivity contribution in [3.05, 3.63) is 46.7 Å². The Morgan fingerprint density at radius 3 is 2.43 bits per heavy atom. The van der Waals surface area contributed by atoms with Crippen LogP contribution < -0.4 is 10.1 Å². The van der Waals surface area contributed by atoms with Crippen molar-refractivity contribution in [2.45, 2.75) is 32.9 Å². The number of carbonyl (C=O) groups is 1. The third-order valence-electron chi connectivity index (χ3n) is 4.22. The van der Waals surface area contributed by atoms with Crippen LogP contribution >= 0.6 is 0 Å². The Balaban J connectivity index is 1.61. The lowest BCUT2D eigenvalue weighted by Crippen LogP contribution is -2.17. The Morgan fingerprint density at radius 1 is 1.13 bits per heavy atom. The van der Waals surface area contributed by atoms with Crippen molar-refractivity contribution in [1.82, 2.24) is 20.6 Å². The molecule has 3 aromatic rings. The van der Waals surface area contributed by atoms with Gasteiger partial charge >= 0.3 is 12.1 Å². The Morgan fingerprint density at radius 2 is 1.83 bits per heavy atom. The molecular formula is C19H19F3N4O4. The van der Waals surface area contributed by atoms with Gasteiger partial charge in [-0.05, 0) is 43.5 Å². The molecular weight excluding hydrogens is 405 g/mol. The van der Waals surface area contributed by atoms with Crippen molar-refractivity contribution in [1.29, 1.82) is 0 Å². The number of hydrogen-bond acceptors (Lipinski definition) is 7. The summed E-state index contributed by atoms with van der Waals surface area (Å²) in [5, 5.41) is 9.56. The monoisotopic (exact) mass is 424 g/mol. The number of amides is 1. The van der Waals surface area contributed by atoms with Crippen molar-refractivity contribution >= 4 is 5.91 Å². The van der Waals surface area contributed by atoms with Crippen LogP contribution in [0.5, 0.6) is 5.75 Å². The maximum absolute atomic E-state index is 12.6. The molecule has 1 N–H and O–H groups in total. The van der Waals surface area contributed by atoms with Crippen LogP contribution in [-0.4, -0.2) is 34.9 Å². The topological polar surface area (TPSA) is 103 Å². The number of alkyl halides is 3. The van der Waals surface area contributed by atoms with Gasteiger partial charge in [-0.2, -0.15) is 18.2 Å². The highest BCUT2D eigenvalue weighted by Gasteiger charge is 2.38. The summed E-state index contributed by atoms with van der Waals surface area (Å²) in [4.78, 5) is 14.9. The van der Waals surface area contributed by atoms with Gasteiger partial charge in [0.2, 0.25) is 5.82 Å². The summed E-state index contributed by atoms with van der Waals surface area (Å²) < 4.78 is 53.2. The van der Waals surface area contributed by atoms with E-state index in [1.807, 2.05) is 0 Å². The number of benzene rings is 1. The van der Waals surface area contributed by atoms with Crippen molar-refractivity contribution in [3.8, 4) is 17.1 Å². The van der Waals surface area contributed by atoms with Gasteiger partial charge in [-0.25, -0.2) is 0 Å². The van der Waals surface area contributed by atoms with Crippen molar-refractivity contribution in [2.75, 3.05) is 13.7 Å².